The minimum absolute atomic E-state index is 0.0819. The lowest BCUT2D eigenvalue weighted by atomic mass is 10.1. The molecule has 18 heavy (non-hydrogen) atoms. The third-order valence-corrected chi connectivity index (χ3v) is 3.67. The second-order valence-electron chi connectivity index (χ2n) is 4.23. The highest BCUT2D eigenvalue weighted by molar-refractivity contribution is 7.99. The number of likely N-dealkylation sites (N-methyl/N-ethyl adjacent to an activating group) is 1. The molecule has 1 aromatic carbocycles. The van der Waals surface area contributed by atoms with Gasteiger partial charge in [0.25, 0.3) is 0 Å². The van der Waals surface area contributed by atoms with Gasteiger partial charge in [-0.1, -0.05) is 37.3 Å². The molecule has 0 saturated carbocycles. The molecule has 1 aromatic rings. The Morgan fingerprint density at radius 3 is 2.56 bits per heavy atom. The van der Waals surface area contributed by atoms with Crippen molar-refractivity contribution in [2.45, 2.75) is 25.1 Å². The molecule has 0 aliphatic heterocycles. The van der Waals surface area contributed by atoms with E-state index in [1.54, 1.807) is 11.8 Å². The van der Waals surface area contributed by atoms with Crippen LogP contribution in [0.25, 0.3) is 0 Å². The molecule has 2 N–H and O–H groups in total. The third-order valence-electron chi connectivity index (χ3n) is 2.71. The van der Waals surface area contributed by atoms with Crippen molar-refractivity contribution < 1.29 is 4.79 Å². The van der Waals surface area contributed by atoms with Gasteiger partial charge in [0.2, 0.25) is 5.91 Å². The number of carbonyl (C=O) groups excluding carboxylic acids is 1. The Morgan fingerprint density at radius 1 is 1.33 bits per heavy atom. The molecule has 0 heterocycles. The van der Waals surface area contributed by atoms with Crippen LogP contribution in [-0.4, -0.2) is 31.3 Å². The van der Waals surface area contributed by atoms with Crippen molar-refractivity contribution >= 4 is 17.7 Å². The first-order chi connectivity index (χ1) is 8.69. The van der Waals surface area contributed by atoms with Crippen LogP contribution in [0.4, 0.5) is 0 Å². The van der Waals surface area contributed by atoms with E-state index in [0.29, 0.717) is 12.6 Å². The Bertz CT molecular complexity index is 356. The summed E-state index contributed by atoms with van der Waals surface area (Å²) >= 11 is 1.56. The first-order valence-corrected chi connectivity index (χ1v) is 7.56. The number of hydrogen-bond donors (Lipinski definition) is 2. The Morgan fingerprint density at radius 2 is 2.00 bits per heavy atom. The van der Waals surface area contributed by atoms with Crippen LogP contribution < -0.4 is 10.6 Å². The fourth-order valence-corrected chi connectivity index (χ4v) is 2.52. The summed E-state index contributed by atoms with van der Waals surface area (Å²) in [6.07, 6.45) is 1.96. The predicted molar refractivity (Wildman–Crippen MR) is 78.8 cm³/mol. The summed E-state index contributed by atoms with van der Waals surface area (Å²) < 4.78 is 0. The van der Waals surface area contributed by atoms with Crippen LogP contribution in [0.1, 0.15) is 24.7 Å². The van der Waals surface area contributed by atoms with E-state index in [-0.39, 0.29) is 11.2 Å². The molecule has 0 saturated heterocycles. The number of rotatable bonds is 7. The van der Waals surface area contributed by atoms with Crippen molar-refractivity contribution in [2.75, 3.05) is 19.3 Å². The van der Waals surface area contributed by atoms with E-state index in [9.17, 15) is 4.79 Å². The maximum Gasteiger partial charge on any atom is 0.237 e. The lowest BCUT2D eigenvalue weighted by molar-refractivity contribution is -0.120. The normalized spacial score (nSPS) is 13.9. The second-order valence-corrected chi connectivity index (χ2v) is 5.17. The van der Waals surface area contributed by atoms with E-state index in [2.05, 4.69) is 24.5 Å². The number of hydrogen-bond acceptors (Lipinski definition) is 3. The van der Waals surface area contributed by atoms with Crippen LogP contribution >= 0.6 is 11.8 Å². The van der Waals surface area contributed by atoms with Crippen LogP contribution in [0, 0.1) is 0 Å². The highest BCUT2D eigenvalue weighted by Gasteiger charge is 2.19. The van der Waals surface area contributed by atoms with Gasteiger partial charge >= 0.3 is 0 Å². The van der Waals surface area contributed by atoms with Crippen molar-refractivity contribution in [3.8, 4) is 0 Å². The average Bonchev–Trinajstić information content (AvgIpc) is 2.39. The monoisotopic (exact) mass is 266 g/mol. The third kappa shape index (κ3) is 4.70. The zero-order valence-electron chi connectivity index (χ0n) is 11.3. The van der Waals surface area contributed by atoms with Crippen molar-refractivity contribution in [3.63, 3.8) is 0 Å². The fraction of sp³-hybridized carbons (Fsp3) is 0.500. The number of thioether (sulfide) groups is 1. The number of nitrogens with one attached hydrogen (secondary N) is 2. The number of benzene rings is 1. The molecule has 0 fully saturated rings. The molecule has 1 unspecified atom stereocenters. The summed E-state index contributed by atoms with van der Waals surface area (Å²) in [6.45, 7) is 5.71. The summed E-state index contributed by atoms with van der Waals surface area (Å²) in [5, 5.41) is 6.15. The van der Waals surface area contributed by atoms with Crippen LogP contribution in [0.15, 0.2) is 30.3 Å². The Hall–Kier alpha value is -1.00. The molecule has 0 aromatic heterocycles. The molecule has 0 aliphatic carbocycles. The fourth-order valence-electron chi connectivity index (χ4n) is 1.79. The highest BCUT2D eigenvalue weighted by atomic mass is 32.2. The van der Waals surface area contributed by atoms with Gasteiger partial charge in [0, 0.05) is 12.6 Å². The highest BCUT2D eigenvalue weighted by Crippen LogP contribution is 2.26. The van der Waals surface area contributed by atoms with Gasteiger partial charge in [-0.3, -0.25) is 4.79 Å². The molecule has 0 radical (unpaired) electrons. The first-order valence-electron chi connectivity index (χ1n) is 6.27. The molecular formula is C14H22N2OS. The van der Waals surface area contributed by atoms with E-state index < -0.39 is 0 Å². The summed E-state index contributed by atoms with van der Waals surface area (Å²) in [5.74, 6) is 0.0819. The summed E-state index contributed by atoms with van der Waals surface area (Å²) in [5.41, 5.74) is 1.05. The van der Waals surface area contributed by atoms with E-state index in [4.69, 9.17) is 0 Å². The van der Waals surface area contributed by atoms with Crippen LogP contribution in [0.5, 0.6) is 0 Å². The van der Waals surface area contributed by atoms with Crippen LogP contribution in [0.2, 0.25) is 0 Å². The Kier molecular flexibility index (Phi) is 6.83. The van der Waals surface area contributed by atoms with Crippen molar-refractivity contribution in [1.29, 1.82) is 0 Å². The minimum atomic E-state index is -0.125. The largest absolute Gasteiger partial charge is 0.353 e. The topological polar surface area (TPSA) is 41.1 Å². The molecule has 0 spiro atoms. The van der Waals surface area contributed by atoms with Crippen LogP contribution in [0.3, 0.4) is 0 Å². The molecule has 0 bridgehead atoms. The summed E-state index contributed by atoms with van der Waals surface area (Å²) in [6, 6.07) is 10.2. The van der Waals surface area contributed by atoms with Gasteiger partial charge in [0.15, 0.2) is 0 Å². The van der Waals surface area contributed by atoms with Gasteiger partial charge in [-0.2, -0.15) is 0 Å². The molecule has 0 aliphatic rings. The lowest BCUT2D eigenvalue weighted by Gasteiger charge is -2.18. The smallest absolute Gasteiger partial charge is 0.237 e. The Labute approximate surface area is 114 Å². The average molecular weight is 266 g/mol. The van der Waals surface area contributed by atoms with Crippen molar-refractivity contribution in [3.05, 3.63) is 35.9 Å². The molecule has 1 rings (SSSR count). The molecule has 3 nitrogen and oxygen atoms in total. The summed E-state index contributed by atoms with van der Waals surface area (Å²) in [4.78, 5) is 12.1. The SMILES string of the molecule is CCN[C@H](C)CNC(=O)C(SC)c1ccccc1. The van der Waals surface area contributed by atoms with Gasteiger partial charge in [0.1, 0.15) is 5.25 Å². The first kappa shape index (κ1) is 15.1. The quantitative estimate of drug-likeness (QED) is 0.795. The van der Waals surface area contributed by atoms with Gasteiger partial charge in [-0.15, -0.1) is 11.8 Å². The maximum atomic E-state index is 12.1. The molecule has 1 amide bonds. The van der Waals surface area contributed by atoms with Crippen molar-refractivity contribution in [1.82, 2.24) is 10.6 Å². The Balaban J connectivity index is 2.53. The van der Waals surface area contributed by atoms with Gasteiger partial charge in [0.05, 0.1) is 0 Å². The van der Waals surface area contributed by atoms with Crippen LogP contribution in [-0.2, 0) is 4.79 Å². The zero-order valence-corrected chi connectivity index (χ0v) is 12.1. The molecule has 4 heteroatoms. The number of amides is 1. The second kappa shape index (κ2) is 8.16. The predicted octanol–water partition coefficient (Wildman–Crippen LogP) is 2.20. The molecule has 2 atom stereocenters. The lowest BCUT2D eigenvalue weighted by Crippen LogP contribution is -2.40. The van der Waals surface area contributed by atoms with E-state index in [0.717, 1.165) is 12.1 Å². The van der Waals surface area contributed by atoms with Crippen molar-refractivity contribution in [2.24, 2.45) is 0 Å². The van der Waals surface area contributed by atoms with Gasteiger partial charge in [-0.25, -0.2) is 0 Å². The van der Waals surface area contributed by atoms with Gasteiger partial charge < -0.3 is 10.6 Å². The maximum absolute atomic E-state index is 12.1. The number of carbonyl (C=O) groups is 1. The molecule has 100 valence electrons. The standard InChI is InChI=1S/C14H22N2OS/c1-4-15-11(2)10-16-14(17)13(18-3)12-8-6-5-7-9-12/h5-9,11,13,15H,4,10H2,1-3H3,(H,16,17)/t11-,13?/m1/s1. The van der Waals surface area contributed by atoms with E-state index in [1.807, 2.05) is 36.6 Å². The van der Waals surface area contributed by atoms with E-state index >= 15 is 0 Å². The molecular weight excluding hydrogens is 244 g/mol. The van der Waals surface area contributed by atoms with E-state index in [1.165, 1.54) is 0 Å². The minimum Gasteiger partial charge on any atom is -0.353 e. The zero-order chi connectivity index (χ0) is 13.4. The van der Waals surface area contributed by atoms with Gasteiger partial charge in [-0.05, 0) is 25.3 Å². The summed E-state index contributed by atoms with van der Waals surface area (Å²) in [7, 11) is 0.